The summed E-state index contributed by atoms with van der Waals surface area (Å²) in [4.78, 5) is 10.9. The lowest BCUT2D eigenvalue weighted by Crippen LogP contribution is -2.44. The molecule has 0 unspecified atom stereocenters. The van der Waals surface area contributed by atoms with Crippen molar-refractivity contribution in [2.75, 3.05) is 7.11 Å². The van der Waals surface area contributed by atoms with Gasteiger partial charge in [0.05, 0.1) is 6.61 Å². The molecule has 1 rings (SSSR count). The molecule has 0 aliphatic rings. The van der Waals surface area contributed by atoms with Crippen LogP contribution >= 0.6 is 0 Å². The summed E-state index contributed by atoms with van der Waals surface area (Å²) >= 11 is 0. The number of ether oxygens (including phenoxy) is 1. The lowest BCUT2D eigenvalue weighted by atomic mass is 10.1. The van der Waals surface area contributed by atoms with E-state index in [-0.39, 0.29) is 6.54 Å². The molecule has 1 aromatic carbocycles. The van der Waals surface area contributed by atoms with Gasteiger partial charge in [0, 0.05) is 13.7 Å². The second-order valence-electron chi connectivity index (χ2n) is 3.86. The summed E-state index contributed by atoms with van der Waals surface area (Å²) in [5.74, 6) is -6.66. The number of benzene rings is 1. The zero-order valence-electron chi connectivity index (χ0n) is 10.1. The molecule has 0 aromatic heterocycles. The Labute approximate surface area is 107 Å². The molecule has 0 atom stereocenters. The highest BCUT2D eigenvalue weighted by atomic mass is 19.3. The fraction of sp³-hybridized carbons (Fsp3) is 0.417. The van der Waals surface area contributed by atoms with E-state index in [9.17, 15) is 22.4 Å². The topological polar surface area (TPSA) is 38.3 Å². The highest BCUT2D eigenvalue weighted by Gasteiger charge is 2.48. The van der Waals surface area contributed by atoms with Crippen LogP contribution in [0, 0.1) is 0 Å². The fourth-order valence-electron chi connectivity index (χ4n) is 1.40. The third kappa shape index (κ3) is 4.20. The van der Waals surface area contributed by atoms with Crippen LogP contribution in [-0.2, 0) is 22.7 Å². The van der Waals surface area contributed by atoms with Crippen molar-refractivity contribution in [3.63, 3.8) is 0 Å². The molecule has 1 N–H and O–H groups in total. The zero-order valence-corrected chi connectivity index (χ0v) is 10.1. The average Bonchev–Trinajstić information content (AvgIpc) is 2.36. The molecule has 0 aliphatic heterocycles. The van der Waals surface area contributed by atoms with E-state index in [1.54, 1.807) is 29.6 Å². The third-order valence-corrected chi connectivity index (χ3v) is 2.33. The number of hydrogen-bond acceptors (Lipinski definition) is 2. The highest BCUT2D eigenvalue weighted by Crippen LogP contribution is 2.22. The van der Waals surface area contributed by atoms with Gasteiger partial charge in [-0.1, -0.05) is 24.3 Å². The first-order chi connectivity index (χ1) is 8.87. The maximum Gasteiger partial charge on any atom is 0.383 e. The summed E-state index contributed by atoms with van der Waals surface area (Å²) in [6.45, 7) is 0.0771. The molecule has 0 spiro atoms. The normalized spacial score (nSPS) is 11.7. The third-order valence-electron chi connectivity index (χ3n) is 2.33. The molecule has 0 saturated carbocycles. The van der Waals surface area contributed by atoms with Gasteiger partial charge in [-0.05, 0) is 11.1 Å². The predicted octanol–water partition coefficient (Wildman–Crippen LogP) is 2.35. The van der Waals surface area contributed by atoms with Gasteiger partial charge in [-0.2, -0.15) is 8.78 Å². The lowest BCUT2D eigenvalue weighted by Gasteiger charge is -2.15. The van der Waals surface area contributed by atoms with Crippen LogP contribution in [0.1, 0.15) is 11.1 Å². The molecular weight excluding hydrogens is 266 g/mol. The Hall–Kier alpha value is -1.63. The monoisotopic (exact) mass is 279 g/mol. The summed E-state index contributed by atoms with van der Waals surface area (Å²) in [6.07, 6.45) is -4.02. The quantitative estimate of drug-likeness (QED) is 0.812. The van der Waals surface area contributed by atoms with Crippen molar-refractivity contribution in [1.82, 2.24) is 5.32 Å². The van der Waals surface area contributed by atoms with Crippen molar-refractivity contribution in [3.8, 4) is 0 Å². The SMILES string of the molecule is COCc1cccc(CNC(=O)C(F)(F)C(F)F)c1. The van der Waals surface area contributed by atoms with Gasteiger partial charge in [-0.3, -0.25) is 4.79 Å². The van der Waals surface area contributed by atoms with Crippen LogP contribution in [0.25, 0.3) is 0 Å². The second kappa shape index (κ2) is 6.51. The van der Waals surface area contributed by atoms with Gasteiger partial charge in [-0.15, -0.1) is 0 Å². The molecule has 19 heavy (non-hydrogen) atoms. The molecule has 0 fully saturated rings. The van der Waals surface area contributed by atoms with Crippen LogP contribution in [-0.4, -0.2) is 25.4 Å². The van der Waals surface area contributed by atoms with Crippen molar-refractivity contribution < 1.29 is 27.1 Å². The molecule has 1 aromatic rings. The first-order valence-corrected chi connectivity index (χ1v) is 5.39. The first-order valence-electron chi connectivity index (χ1n) is 5.39. The maximum absolute atomic E-state index is 12.7. The Morgan fingerprint density at radius 1 is 1.37 bits per heavy atom. The molecule has 0 radical (unpaired) electrons. The average molecular weight is 279 g/mol. The predicted molar refractivity (Wildman–Crippen MR) is 60.0 cm³/mol. The van der Waals surface area contributed by atoms with E-state index in [0.29, 0.717) is 12.2 Å². The Morgan fingerprint density at radius 2 is 2.00 bits per heavy atom. The molecular formula is C12H13F4NO2. The first kappa shape index (κ1) is 15.4. The van der Waals surface area contributed by atoms with Gasteiger partial charge in [-0.25, -0.2) is 8.78 Å². The minimum Gasteiger partial charge on any atom is -0.380 e. The molecule has 3 nitrogen and oxygen atoms in total. The highest BCUT2D eigenvalue weighted by molar-refractivity contribution is 5.83. The maximum atomic E-state index is 12.7. The van der Waals surface area contributed by atoms with Gasteiger partial charge >= 0.3 is 12.3 Å². The number of alkyl halides is 4. The Morgan fingerprint density at radius 3 is 2.58 bits per heavy atom. The van der Waals surface area contributed by atoms with Crippen molar-refractivity contribution in [2.24, 2.45) is 0 Å². The number of carbonyl (C=O) groups excluding carboxylic acids is 1. The number of amides is 1. The van der Waals surface area contributed by atoms with Gasteiger partial charge in [0.15, 0.2) is 0 Å². The minimum absolute atomic E-state index is 0.251. The number of rotatable bonds is 6. The van der Waals surface area contributed by atoms with Gasteiger partial charge < -0.3 is 10.1 Å². The summed E-state index contributed by atoms with van der Waals surface area (Å²) in [5.41, 5.74) is 1.31. The van der Waals surface area contributed by atoms with Crippen molar-refractivity contribution >= 4 is 5.91 Å². The van der Waals surface area contributed by atoms with Crippen molar-refractivity contribution in [1.29, 1.82) is 0 Å². The van der Waals surface area contributed by atoms with E-state index in [1.165, 1.54) is 7.11 Å². The number of methoxy groups -OCH3 is 1. The van der Waals surface area contributed by atoms with Crippen molar-refractivity contribution in [2.45, 2.75) is 25.5 Å². The Kier molecular flexibility index (Phi) is 5.29. The number of carbonyl (C=O) groups is 1. The number of nitrogens with one attached hydrogen (secondary N) is 1. The standard InChI is InChI=1S/C12H13F4NO2/c1-19-7-9-4-2-3-8(5-9)6-17-11(18)12(15,16)10(13)14/h2-5,10H,6-7H2,1H3,(H,17,18). The lowest BCUT2D eigenvalue weighted by molar-refractivity contribution is -0.169. The molecule has 1 amide bonds. The molecule has 0 bridgehead atoms. The van der Waals surface area contributed by atoms with Crippen LogP contribution in [0.4, 0.5) is 17.6 Å². The number of hydrogen-bond donors (Lipinski definition) is 1. The van der Waals surface area contributed by atoms with Gasteiger partial charge in [0.2, 0.25) is 0 Å². The zero-order chi connectivity index (χ0) is 14.5. The van der Waals surface area contributed by atoms with Gasteiger partial charge in [0.25, 0.3) is 5.91 Å². The number of halogens is 4. The van der Waals surface area contributed by atoms with Crippen LogP contribution in [0.15, 0.2) is 24.3 Å². The second-order valence-corrected chi connectivity index (χ2v) is 3.86. The fourth-order valence-corrected chi connectivity index (χ4v) is 1.40. The van der Waals surface area contributed by atoms with Crippen LogP contribution in [0.3, 0.4) is 0 Å². The van der Waals surface area contributed by atoms with Crippen LogP contribution < -0.4 is 5.32 Å². The largest absolute Gasteiger partial charge is 0.383 e. The molecule has 7 heteroatoms. The minimum atomic E-state index is -4.68. The van der Waals surface area contributed by atoms with Crippen LogP contribution in [0.2, 0.25) is 0 Å². The summed E-state index contributed by atoms with van der Waals surface area (Å²) in [6, 6.07) is 6.62. The van der Waals surface area contributed by atoms with Crippen LogP contribution in [0.5, 0.6) is 0 Å². The Balaban J connectivity index is 2.62. The van der Waals surface area contributed by atoms with E-state index in [2.05, 4.69) is 0 Å². The smallest absolute Gasteiger partial charge is 0.380 e. The molecule has 0 aliphatic carbocycles. The Bertz CT molecular complexity index is 437. The van der Waals surface area contributed by atoms with E-state index in [1.807, 2.05) is 0 Å². The molecule has 106 valence electrons. The van der Waals surface area contributed by atoms with E-state index < -0.39 is 18.3 Å². The summed E-state index contributed by atoms with van der Waals surface area (Å²) < 4.78 is 54.1. The molecule has 0 heterocycles. The molecule has 0 saturated heterocycles. The van der Waals surface area contributed by atoms with E-state index in [0.717, 1.165) is 5.56 Å². The summed E-state index contributed by atoms with van der Waals surface area (Å²) in [7, 11) is 1.50. The summed E-state index contributed by atoms with van der Waals surface area (Å²) in [5, 5.41) is 1.78. The van der Waals surface area contributed by atoms with E-state index in [4.69, 9.17) is 4.74 Å². The van der Waals surface area contributed by atoms with Crippen molar-refractivity contribution in [3.05, 3.63) is 35.4 Å². The van der Waals surface area contributed by atoms with E-state index >= 15 is 0 Å². The van der Waals surface area contributed by atoms with Gasteiger partial charge in [0.1, 0.15) is 0 Å².